The van der Waals surface area contributed by atoms with Crippen LogP contribution in [-0.4, -0.2) is 29.1 Å². The Morgan fingerprint density at radius 1 is 1.56 bits per heavy atom. The highest BCUT2D eigenvalue weighted by atomic mass is 32.1. The minimum Gasteiger partial charge on any atom is -0.383 e. The molecule has 96 valence electrons. The van der Waals surface area contributed by atoms with Crippen molar-refractivity contribution in [2.45, 2.75) is 20.4 Å². The highest BCUT2D eigenvalue weighted by Crippen LogP contribution is 2.26. The van der Waals surface area contributed by atoms with Crippen LogP contribution >= 0.6 is 11.3 Å². The lowest BCUT2D eigenvalue weighted by molar-refractivity contribution is 0.102. The van der Waals surface area contributed by atoms with E-state index in [0.29, 0.717) is 28.2 Å². The number of ether oxygens (including phenoxy) is 1. The van der Waals surface area contributed by atoms with Crippen LogP contribution in [0.2, 0.25) is 0 Å². The van der Waals surface area contributed by atoms with Crippen molar-refractivity contribution in [3.05, 3.63) is 27.1 Å². The van der Waals surface area contributed by atoms with E-state index < -0.39 is 0 Å². The first-order valence-corrected chi connectivity index (χ1v) is 6.36. The van der Waals surface area contributed by atoms with Crippen molar-refractivity contribution in [2.75, 3.05) is 13.7 Å². The number of carbonyl (C=O) groups is 1. The third-order valence-corrected chi connectivity index (χ3v) is 4.07. The van der Waals surface area contributed by atoms with Crippen molar-refractivity contribution in [2.24, 2.45) is 0 Å². The summed E-state index contributed by atoms with van der Waals surface area (Å²) in [4.78, 5) is 29.2. The Bertz CT molecular complexity index is 657. The number of aryl methyl sites for hydroxylation is 1. The summed E-state index contributed by atoms with van der Waals surface area (Å²) in [6.45, 7) is 4.21. The summed E-state index contributed by atoms with van der Waals surface area (Å²) in [5.74, 6) is -0.0293. The average molecular weight is 266 g/mol. The molecule has 0 saturated carbocycles. The number of ketones is 1. The van der Waals surface area contributed by atoms with Gasteiger partial charge in [0.05, 0.1) is 29.7 Å². The Morgan fingerprint density at radius 3 is 2.89 bits per heavy atom. The molecule has 6 heteroatoms. The van der Waals surface area contributed by atoms with E-state index in [2.05, 4.69) is 4.98 Å². The zero-order valence-corrected chi connectivity index (χ0v) is 11.3. The Hall–Kier alpha value is -1.53. The smallest absolute Gasteiger partial charge is 0.262 e. The van der Waals surface area contributed by atoms with Gasteiger partial charge < -0.3 is 4.74 Å². The van der Waals surface area contributed by atoms with Gasteiger partial charge in [0.2, 0.25) is 0 Å². The fraction of sp³-hybridized carbons (Fsp3) is 0.417. The lowest BCUT2D eigenvalue weighted by Gasteiger charge is -2.03. The van der Waals surface area contributed by atoms with Crippen LogP contribution in [0.25, 0.3) is 10.2 Å². The molecule has 0 amide bonds. The number of hydrogen-bond acceptors (Lipinski definition) is 5. The molecule has 0 aromatic carbocycles. The van der Waals surface area contributed by atoms with E-state index in [0.717, 1.165) is 5.56 Å². The molecule has 0 spiro atoms. The van der Waals surface area contributed by atoms with Crippen LogP contribution in [0.4, 0.5) is 0 Å². The van der Waals surface area contributed by atoms with Crippen molar-refractivity contribution < 1.29 is 9.53 Å². The second kappa shape index (κ2) is 4.99. The van der Waals surface area contributed by atoms with Gasteiger partial charge in [-0.1, -0.05) is 0 Å². The molecule has 2 aromatic rings. The number of hydrogen-bond donors (Lipinski definition) is 0. The van der Waals surface area contributed by atoms with E-state index in [1.807, 2.05) is 0 Å². The summed E-state index contributed by atoms with van der Waals surface area (Å²) in [5.41, 5.74) is 0.616. The van der Waals surface area contributed by atoms with E-state index in [9.17, 15) is 9.59 Å². The van der Waals surface area contributed by atoms with Crippen LogP contribution in [0, 0.1) is 6.92 Å². The van der Waals surface area contributed by atoms with Gasteiger partial charge >= 0.3 is 0 Å². The number of nitrogens with zero attached hydrogens (tertiary/aromatic N) is 2. The summed E-state index contributed by atoms with van der Waals surface area (Å²) in [6.07, 6.45) is 1.50. The maximum Gasteiger partial charge on any atom is 0.262 e. The molecule has 5 nitrogen and oxygen atoms in total. The van der Waals surface area contributed by atoms with Crippen molar-refractivity contribution in [3.63, 3.8) is 0 Å². The molecule has 0 unspecified atom stereocenters. The predicted molar refractivity (Wildman–Crippen MR) is 70.5 cm³/mol. The summed E-state index contributed by atoms with van der Waals surface area (Å²) in [7, 11) is 1.58. The zero-order chi connectivity index (χ0) is 13.3. The average Bonchev–Trinajstić information content (AvgIpc) is 2.67. The molecule has 0 bridgehead atoms. The molecule has 2 rings (SSSR count). The minimum absolute atomic E-state index is 0.0293. The van der Waals surface area contributed by atoms with Gasteiger partial charge in [0.15, 0.2) is 5.78 Å². The third kappa shape index (κ3) is 2.09. The monoisotopic (exact) mass is 266 g/mol. The first-order valence-electron chi connectivity index (χ1n) is 5.54. The molecule has 0 fully saturated rings. The SMILES string of the molecule is COCCn1cnc2sc(C(C)=O)c(C)c2c1=O. The zero-order valence-electron chi connectivity index (χ0n) is 10.5. The highest BCUT2D eigenvalue weighted by Gasteiger charge is 2.16. The first kappa shape index (κ1) is 12.9. The molecule has 18 heavy (non-hydrogen) atoms. The Balaban J connectivity index is 2.63. The highest BCUT2D eigenvalue weighted by molar-refractivity contribution is 7.20. The summed E-state index contributed by atoms with van der Waals surface area (Å²) in [5, 5.41) is 0.545. The molecule has 0 aliphatic rings. The van der Waals surface area contributed by atoms with Gasteiger partial charge in [0.25, 0.3) is 5.56 Å². The van der Waals surface area contributed by atoms with Crippen LogP contribution in [0.3, 0.4) is 0 Å². The third-order valence-electron chi connectivity index (χ3n) is 2.77. The normalized spacial score (nSPS) is 11.1. The molecule has 0 aliphatic carbocycles. The van der Waals surface area contributed by atoms with Gasteiger partial charge in [0.1, 0.15) is 4.83 Å². The quantitative estimate of drug-likeness (QED) is 0.789. The van der Waals surface area contributed by atoms with E-state index in [1.54, 1.807) is 14.0 Å². The largest absolute Gasteiger partial charge is 0.383 e. The summed E-state index contributed by atoms with van der Waals surface area (Å²) in [6, 6.07) is 0. The van der Waals surface area contributed by atoms with Crippen molar-refractivity contribution >= 4 is 27.3 Å². The number of Topliss-reactive ketones (excluding diaryl/α,β-unsaturated/α-hetero) is 1. The number of aromatic nitrogens is 2. The number of fused-ring (bicyclic) bond motifs is 1. The minimum atomic E-state index is -0.113. The van der Waals surface area contributed by atoms with Crippen molar-refractivity contribution in [1.82, 2.24) is 9.55 Å². The molecule has 2 heterocycles. The fourth-order valence-corrected chi connectivity index (χ4v) is 2.88. The molecule has 0 radical (unpaired) electrons. The van der Waals surface area contributed by atoms with Gasteiger partial charge in [-0.3, -0.25) is 14.2 Å². The van der Waals surface area contributed by atoms with Crippen LogP contribution in [0.1, 0.15) is 22.2 Å². The Labute approximate surface area is 108 Å². The van der Waals surface area contributed by atoms with Crippen LogP contribution in [0.5, 0.6) is 0 Å². The van der Waals surface area contributed by atoms with Crippen molar-refractivity contribution in [1.29, 1.82) is 0 Å². The number of methoxy groups -OCH3 is 1. The second-order valence-electron chi connectivity index (χ2n) is 4.03. The Kier molecular flexibility index (Phi) is 3.58. The van der Waals surface area contributed by atoms with Gasteiger partial charge in [-0.15, -0.1) is 11.3 Å². The molecular weight excluding hydrogens is 252 g/mol. The van der Waals surface area contributed by atoms with Crippen LogP contribution < -0.4 is 5.56 Å². The number of thiophene rings is 1. The molecule has 0 N–H and O–H groups in total. The van der Waals surface area contributed by atoms with Gasteiger partial charge in [-0.25, -0.2) is 4.98 Å². The summed E-state index contributed by atoms with van der Waals surface area (Å²) >= 11 is 1.27. The molecule has 0 saturated heterocycles. The summed E-state index contributed by atoms with van der Waals surface area (Å²) < 4.78 is 6.46. The number of carbonyl (C=O) groups excluding carboxylic acids is 1. The van der Waals surface area contributed by atoms with Gasteiger partial charge in [-0.2, -0.15) is 0 Å². The van der Waals surface area contributed by atoms with Gasteiger partial charge in [0, 0.05) is 7.11 Å². The standard InChI is InChI=1S/C12H14N2O3S/c1-7-9-11(18-10(7)8(2)15)13-6-14(12(9)16)4-5-17-3/h6H,4-5H2,1-3H3. The molecule has 0 atom stereocenters. The van der Waals surface area contributed by atoms with E-state index >= 15 is 0 Å². The lowest BCUT2D eigenvalue weighted by atomic mass is 10.2. The van der Waals surface area contributed by atoms with E-state index in [-0.39, 0.29) is 11.3 Å². The van der Waals surface area contributed by atoms with Crippen LogP contribution in [0.15, 0.2) is 11.1 Å². The lowest BCUT2D eigenvalue weighted by Crippen LogP contribution is -2.22. The molecule has 2 aromatic heterocycles. The van der Waals surface area contributed by atoms with E-state index in [4.69, 9.17) is 4.74 Å². The van der Waals surface area contributed by atoms with E-state index in [1.165, 1.54) is 29.2 Å². The maximum atomic E-state index is 12.3. The Morgan fingerprint density at radius 2 is 2.28 bits per heavy atom. The molecule has 0 aliphatic heterocycles. The van der Waals surface area contributed by atoms with Crippen molar-refractivity contribution in [3.8, 4) is 0 Å². The topological polar surface area (TPSA) is 61.2 Å². The first-order chi connectivity index (χ1) is 8.56. The fourth-order valence-electron chi connectivity index (χ4n) is 1.84. The molecular formula is C12H14N2O3S. The van der Waals surface area contributed by atoms with Gasteiger partial charge in [-0.05, 0) is 19.4 Å². The second-order valence-corrected chi connectivity index (χ2v) is 5.03. The number of rotatable bonds is 4. The maximum absolute atomic E-state index is 12.3. The van der Waals surface area contributed by atoms with Crippen LogP contribution in [-0.2, 0) is 11.3 Å². The predicted octanol–water partition coefficient (Wildman–Crippen LogP) is 1.62.